The monoisotopic (exact) mass is 496 g/mol. The van der Waals surface area contributed by atoms with E-state index >= 15 is 0 Å². The topological polar surface area (TPSA) is 121 Å². The molecule has 0 aromatic rings. The van der Waals surface area contributed by atoms with Crippen molar-refractivity contribution in [3.63, 3.8) is 0 Å². The third-order valence-electron chi connectivity index (χ3n) is 11.9. The molecule has 0 aromatic heterocycles. The lowest BCUT2D eigenvalue weighted by Crippen LogP contribution is -2.68. The SMILES string of the molecule is CC(C)C(CCO)CCC(C)C1C(O)C(O)C2C1(C)CCC1C3(C)CCC(O)CC3C(O)CC12O. The van der Waals surface area contributed by atoms with Crippen LogP contribution >= 0.6 is 0 Å². The van der Waals surface area contributed by atoms with Crippen LogP contribution in [0.15, 0.2) is 0 Å². The quantitative estimate of drug-likeness (QED) is 0.322. The van der Waals surface area contributed by atoms with Gasteiger partial charge in [-0.3, -0.25) is 0 Å². The van der Waals surface area contributed by atoms with E-state index in [1.54, 1.807) is 0 Å². The summed E-state index contributed by atoms with van der Waals surface area (Å²) in [5.41, 5.74) is -1.92. The third kappa shape index (κ3) is 4.32. The summed E-state index contributed by atoms with van der Waals surface area (Å²) in [4.78, 5) is 0. The van der Waals surface area contributed by atoms with Crippen molar-refractivity contribution in [3.8, 4) is 0 Å². The summed E-state index contributed by atoms with van der Waals surface area (Å²) in [7, 11) is 0. The van der Waals surface area contributed by atoms with Gasteiger partial charge in [-0.15, -0.1) is 0 Å². The zero-order chi connectivity index (χ0) is 25.9. The number of hydrogen-bond acceptors (Lipinski definition) is 6. The fourth-order valence-corrected chi connectivity index (χ4v) is 10.1. The van der Waals surface area contributed by atoms with Crippen LogP contribution in [-0.2, 0) is 0 Å². The lowest BCUT2D eigenvalue weighted by Gasteiger charge is -2.65. The van der Waals surface area contributed by atoms with Gasteiger partial charge in [-0.25, -0.2) is 0 Å². The highest BCUT2D eigenvalue weighted by Crippen LogP contribution is 2.69. The summed E-state index contributed by atoms with van der Waals surface area (Å²) < 4.78 is 0. The molecule has 0 aliphatic heterocycles. The van der Waals surface area contributed by atoms with Gasteiger partial charge in [0.15, 0.2) is 0 Å². The fraction of sp³-hybridized carbons (Fsp3) is 1.00. The molecule has 0 aromatic carbocycles. The van der Waals surface area contributed by atoms with E-state index in [1.807, 2.05) is 0 Å². The summed E-state index contributed by atoms with van der Waals surface area (Å²) in [6.45, 7) is 11.1. The maximum absolute atomic E-state index is 12.4. The molecule has 0 radical (unpaired) electrons. The van der Waals surface area contributed by atoms with Crippen molar-refractivity contribution in [1.29, 1.82) is 0 Å². The van der Waals surface area contributed by atoms with E-state index in [4.69, 9.17) is 0 Å². The predicted octanol–water partition coefficient (Wildman–Crippen LogP) is 3.10. The first-order valence-corrected chi connectivity index (χ1v) is 14.4. The average molecular weight is 497 g/mol. The predicted molar refractivity (Wildman–Crippen MR) is 135 cm³/mol. The van der Waals surface area contributed by atoms with Crippen LogP contribution in [0.3, 0.4) is 0 Å². The lowest BCUT2D eigenvalue weighted by molar-refractivity contribution is -0.264. The highest BCUT2D eigenvalue weighted by atomic mass is 16.3. The molecule has 35 heavy (non-hydrogen) atoms. The van der Waals surface area contributed by atoms with Gasteiger partial charge in [0, 0.05) is 18.9 Å². The first-order valence-electron chi connectivity index (χ1n) is 14.4. The number of aliphatic hydroxyl groups excluding tert-OH is 5. The van der Waals surface area contributed by atoms with Gasteiger partial charge in [-0.05, 0) is 91.3 Å². The lowest BCUT2D eigenvalue weighted by atomic mass is 9.42. The molecule has 6 heteroatoms. The van der Waals surface area contributed by atoms with Crippen molar-refractivity contribution in [3.05, 3.63) is 0 Å². The molecule has 0 amide bonds. The molecular formula is C29H52O6. The van der Waals surface area contributed by atoms with E-state index in [0.29, 0.717) is 24.7 Å². The molecular weight excluding hydrogens is 444 g/mol. The van der Waals surface area contributed by atoms with Crippen LogP contribution in [0.4, 0.5) is 0 Å². The van der Waals surface area contributed by atoms with Crippen molar-refractivity contribution >= 4 is 0 Å². The Bertz CT molecular complexity index is 745. The molecule has 4 fully saturated rings. The number of hydrogen-bond donors (Lipinski definition) is 6. The molecule has 204 valence electrons. The van der Waals surface area contributed by atoms with Crippen LogP contribution in [0, 0.1) is 52.3 Å². The smallest absolute Gasteiger partial charge is 0.0863 e. The second-order valence-electron chi connectivity index (χ2n) is 14.0. The fourth-order valence-electron chi connectivity index (χ4n) is 10.1. The van der Waals surface area contributed by atoms with Crippen molar-refractivity contribution in [2.45, 2.75) is 122 Å². The van der Waals surface area contributed by atoms with Gasteiger partial charge in [0.25, 0.3) is 0 Å². The minimum atomic E-state index is -1.23. The van der Waals surface area contributed by atoms with Gasteiger partial charge >= 0.3 is 0 Å². The zero-order valence-corrected chi connectivity index (χ0v) is 22.6. The number of fused-ring (bicyclic) bond motifs is 5. The molecule has 0 spiro atoms. The summed E-state index contributed by atoms with van der Waals surface area (Å²) >= 11 is 0. The maximum atomic E-state index is 12.4. The Morgan fingerprint density at radius 3 is 2.14 bits per heavy atom. The highest BCUT2D eigenvalue weighted by molar-refractivity contribution is 5.21. The molecule has 4 aliphatic rings. The van der Waals surface area contributed by atoms with Gasteiger partial charge in [0.2, 0.25) is 0 Å². The Balaban J connectivity index is 1.60. The van der Waals surface area contributed by atoms with E-state index in [2.05, 4.69) is 34.6 Å². The third-order valence-corrected chi connectivity index (χ3v) is 11.9. The highest BCUT2D eigenvalue weighted by Gasteiger charge is 2.72. The molecule has 0 heterocycles. The Morgan fingerprint density at radius 2 is 1.51 bits per heavy atom. The summed E-state index contributed by atoms with van der Waals surface area (Å²) in [6, 6.07) is 0. The van der Waals surface area contributed by atoms with Gasteiger partial charge in [0.1, 0.15) is 0 Å². The Kier molecular flexibility index (Phi) is 7.79. The van der Waals surface area contributed by atoms with E-state index in [0.717, 1.165) is 38.5 Å². The van der Waals surface area contributed by atoms with E-state index in [9.17, 15) is 30.6 Å². The van der Waals surface area contributed by atoms with Gasteiger partial charge in [-0.1, -0.05) is 41.0 Å². The maximum Gasteiger partial charge on any atom is 0.0863 e. The molecule has 13 unspecified atom stereocenters. The van der Waals surface area contributed by atoms with Crippen LogP contribution in [0.25, 0.3) is 0 Å². The van der Waals surface area contributed by atoms with Crippen molar-refractivity contribution in [1.82, 2.24) is 0 Å². The normalized spacial score (nSPS) is 51.4. The second-order valence-corrected chi connectivity index (χ2v) is 14.0. The standard InChI is InChI=1S/C29H52O6/c1-16(2)18(10-13-30)7-6-17(3)23-24(33)25(34)26-28(23,5)12-9-22-27(4)11-8-19(31)14-20(27)21(32)15-29(22,26)35/h16-26,30-35H,6-15H2,1-5H3. The second kappa shape index (κ2) is 9.81. The average Bonchev–Trinajstić information content (AvgIpc) is 2.97. The molecule has 4 aliphatic carbocycles. The summed E-state index contributed by atoms with van der Waals surface area (Å²) in [5, 5.41) is 66.3. The zero-order valence-electron chi connectivity index (χ0n) is 22.6. The summed E-state index contributed by atoms with van der Waals surface area (Å²) in [6.07, 6.45) is 3.56. The molecule has 0 saturated heterocycles. The van der Waals surface area contributed by atoms with E-state index < -0.39 is 41.3 Å². The molecule has 6 nitrogen and oxygen atoms in total. The van der Waals surface area contributed by atoms with Crippen LogP contribution in [0.1, 0.15) is 92.4 Å². The molecule has 4 saturated carbocycles. The Labute approximate surface area is 212 Å². The van der Waals surface area contributed by atoms with Crippen molar-refractivity contribution in [2.24, 2.45) is 52.3 Å². The van der Waals surface area contributed by atoms with E-state index in [-0.39, 0.29) is 42.1 Å². The Morgan fingerprint density at radius 1 is 0.857 bits per heavy atom. The van der Waals surface area contributed by atoms with Gasteiger partial charge in [0.05, 0.1) is 30.0 Å². The molecule has 13 atom stereocenters. The van der Waals surface area contributed by atoms with Crippen LogP contribution < -0.4 is 0 Å². The largest absolute Gasteiger partial charge is 0.396 e. The van der Waals surface area contributed by atoms with Crippen LogP contribution in [0.5, 0.6) is 0 Å². The molecule has 0 bridgehead atoms. The molecule has 4 rings (SSSR count). The van der Waals surface area contributed by atoms with Gasteiger partial charge < -0.3 is 30.6 Å². The molecule has 6 N–H and O–H groups in total. The van der Waals surface area contributed by atoms with Crippen molar-refractivity contribution < 1.29 is 30.6 Å². The minimum absolute atomic E-state index is 0.0430. The van der Waals surface area contributed by atoms with Crippen LogP contribution in [-0.4, -0.2) is 67.3 Å². The van der Waals surface area contributed by atoms with E-state index in [1.165, 1.54) is 0 Å². The van der Waals surface area contributed by atoms with Crippen LogP contribution in [0.2, 0.25) is 0 Å². The van der Waals surface area contributed by atoms with Gasteiger partial charge in [-0.2, -0.15) is 0 Å². The number of aliphatic hydroxyl groups is 6. The summed E-state index contributed by atoms with van der Waals surface area (Å²) in [5.74, 6) is 0.398. The minimum Gasteiger partial charge on any atom is -0.396 e. The van der Waals surface area contributed by atoms with Crippen molar-refractivity contribution in [2.75, 3.05) is 6.61 Å². The Hall–Kier alpha value is -0.240. The first-order chi connectivity index (χ1) is 16.3. The number of rotatable bonds is 7. The first kappa shape index (κ1) is 27.8.